The van der Waals surface area contributed by atoms with Gasteiger partial charge < -0.3 is 4.42 Å². The third-order valence-electron chi connectivity index (χ3n) is 3.02. The number of nitrogens with one attached hydrogen (secondary N) is 1. The zero-order chi connectivity index (χ0) is 17.9. The lowest BCUT2D eigenvalue weighted by Crippen LogP contribution is -2.12. The van der Waals surface area contributed by atoms with Crippen LogP contribution in [-0.4, -0.2) is 21.6 Å². The quantitative estimate of drug-likeness (QED) is 0.685. The summed E-state index contributed by atoms with van der Waals surface area (Å²) in [5.74, 6) is -0.320. The summed E-state index contributed by atoms with van der Waals surface area (Å²) in [5, 5.41) is 9.96. The second kappa shape index (κ2) is 6.98. The predicted octanol–water partition coefficient (Wildman–Crippen LogP) is 4.60. The molecular weight excluding hydrogens is 355 g/mol. The van der Waals surface area contributed by atoms with Gasteiger partial charge in [0.25, 0.3) is 5.91 Å². The minimum atomic E-state index is -4.37. The highest BCUT2D eigenvalue weighted by molar-refractivity contribution is 8.00. The Balaban J connectivity index is 1.67. The minimum absolute atomic E-state index is 0.00629. The van der Waals surface area contributed by atoms with Crippen molar-refractivity contribution in [3.63, 3.8) is 0 Å². The van der Waals surface area contributed by atoms with Crippen molar-refractivity contribution >= 4 is 23.7 Å². The van der Waals surface area contributed by atoms with E-state index >= 15 is 0 Å². The standard InChI is InChI=1S/C16H10F3N3O2S/c17-16(18,19)25-12-8-6-10(7-9-12)13(23)20-15-22-21-14(24-15)11-4-2-1-3-5-11/h1-9H,(H,20,22,23). The van der Waals surface area contributed by atoms with Gasteiger partial charge >= 0.3 is 11.5 Å². The fourth-order valence-corrected chi connectivity index (χ4v) is 2.49. The lowest BCUT2D eigenvalue weighted by Gasteiger charge is -2.06. The Hall–Kier alpha value is -2.81. The first kappa shape index (κ1) is 17.0. The molecule has 3 rings (SSSR count). The summed E-state index contributed by atoms with van der Waals surface area (Å²) in [7, 11) is 0. The van der Waals surface area contributed by atoms with Crippen molar-refractivity contribution in [1.29, 1.82) is 0 Å². The molecule has 0 saturated heterocycles. The highest BCUT2D eigenvalue weighted by Gasteiger charge is 2.29. The number of benzene rings is 2. The third kappa shape index (κ3) is 4.60. The van der Waals surface area contributed by atoms with E-state index in [0.29, 0.717) is 5.56 Å². The number of hydrogen-bond acceptors (Lipinski definition) is 5. The number of hydrogen-bond donors (Lipinski definition) is 1. The van der Waals surface area contributed by atoms with Gasteiger partial charge in [-0.25, -0.2) is 0 Å². The Morgan fingerprint density at radius 3 is 2.32 bits per heavy atom. The average Bonchev–Trinajstić information content (AvgIpc) is 3.03. The van der Waals surface area contributed by atoms with Crippen molar-refractivity contribution in [3.05, 3.63) is 60.2 Å². The lowest BCUT2D eigenvalue weighted by molar-refractivity contribution is -0.0328. The molecule has 0 spiro atoms. The second-order valence-corrected chi connectivity index (χ2v) is 5.94. The Kier molecular flexibility index (Phi) is 4.75. The number of amides is 1. The molecule has 1 aromatic heterocycles. The Labute approximate surface area is 144 Å². The summed E-state index contributed by atoms with van der Waals surface area (Å²) >= 11 is -0.246. The first-order valence-electron chi connectivity index (χ1n) is 6.97. The minimum Gasteiger partial charge on any atom is -0.403 e. The summed E-state index contributed by atoms with van der Waals surface area (Å²) in [5.41, 5.74) is -3.50. The van der Waals surface area contributed by atoms with Crippen molar-refractivity contribution in [2.24, 2.45) is 0 Å². The average molecular weight is 365 g/mol. The van der Waals surface area contributed by atoms with Crippen LogP contribution in [0.2, 0.25) is 0 Å². The highest BCUT2D eigenvalue weighted by Crippen LogP contribution is 2.36. The van der Waals surface area contributed by atoms with Crippen LogP contribution in [0.5, 0.6) is 0 Å². The van der Waals surface area contributed by atoms with Crippen LogP contribution < -0.4 is 5.32 Å². The third-order valence-corrected chi connectivity index (χ3v) is 3.76. The Morgan fingerprint density at radius 1 is 1.00 bits per heavy atom. The maximum atomic E-state index is 12.3. The molecule has 0 aliphatic heterocycles. The van der Waals surface area contributed by atoms with Crippen LogP contribution in [0.3, 0.4) is 0 Å². The van der Waals surface area contributed by atoms with E-state index in [-0.39, 0.29) is 34.1 Å². The van der Waals surface area contributed by atoms with E-state index in [2.05, 4.69) is 15.5 Å². The van der Waals surface area contributed by atoms with E-state index < -0.39 is 11.4 Å². The van der Waals surface area contributed by atoms with Crippen molar-refractivity contribution in [3.8, 4) is 11.5 Å². The van der Waals surface area contributed by atoms with E-state index in [4.69, 9.17) is 4.42 Å². The van der Waals surface area contributed by atoms with Gasteiger partial charge in [0.05, 0.1) is 0 Å². The molecular formula is C16H10F3N3O2S. The number of alkyl halides is 3. The summed E-state index contributed by atoms with van der Waals surface area (Å²) in [4.78, 5) is 12.1. The van der Waals surface area contributed by atoms with Crippen LogP contribution in [-0.2, 0) is 0 Å². The summed E-state index contributed by atoms with van der Waals surface area (Å²) in [6, 6.07) is 13.9. The molecule has 25 heavy (non-hydrogen) atoms. The molecule has 1 heterocycles. The first-order chi connectivity index (χ1) is 11.9. The predicted molar refractivity (Wildman–Crippen MR) is 86.0 cm³/mol. The maximum absolute atomic E-state index is 12.3. The fraction of sp³-hybridized carbons (Fsp3) is 0.0625. The van der Waals surface area contributed by atoms with Gasteiger partial charge in [-0.2, -0.15) is 13.2 Å². The van der Waals surface area contributed by atoms with E-state index in [1.54, 1.807) is 24.3 Å². The van der Waals surface area contributed by atoms with Gasteiger partial charge in [0.15, 0.2) is 0 Å². The molecule has 128 valence electrons. The Bertz CT molecular complexity index is 864. The molecule has 0 unspecified atom stereocenters. The molecule has 0 atom stereocenters. The first-order valence-corrected chi connectivity index (χ1v) is 7.78. The Morgan fingerprint density at radius 2 is 1.68 bits per heavy atom. The summed E-state index contributed by atoms with van der Waals surface area (Å²) in [6.07, 6.45) is 0. The number of thioether (sulfide) groups is 1. The zero-order valence-electron chi connectivity index (χ0n) is 12.4. The topological polar surface area (TPSA) is 68.0 Å². The molecule has 2 aromatic carbocycles. The van der Waals surface area contributed by atoms with E-state index in [9.17, 15) is 18.0 Å². The molecule has 1 N–H and O–H groups in total. The number of aromatic nitrogens is 2. The van der Waals surface area contributed by atoms with Crippen LogP contribution in [0.1, 0.15) is 10.4 Å². The maximum Gasteiger partial charge on any atom is 0.446 e. The van der Waals surface area contributed by atoms with Crippen LogP contribution in [0, 0.1) is 0 Å². The van der Waals surface area contributed by atoms with Gasteiger partial charge in [-0.1, -0.05) is 23.3 Å². The van der Waals surface area contributed by atoms with E-state index in [1.165, 1.54) is 24.3 Å². The molecule has 5 nitrogen and oxygen atoms in total. The molecule has 0 aliphatic carbocycles. The summed E-state index contributed by atoms with van der Waals surface area (Å²) in [6.45, 7) is 0. The largest absolute Gasteiger partial charge is 0.446 e. The zero-order valence-corrected chi connectivity index (χ0v) is 13.3. The molecule has 0 radical (unpaired) electrons. The second-order valence-electron chi connectivity index (χ2n) is 4.80. The van der Waals surface area contributed by atoms with Crippen LogP contribution in [0.25, 0.3) is 11.5 Å². The molecule has 1 amide bonds. The molecule has 9 heteroatoms. The van der Waals surface area contributed by atoms with Gasteiger partial charge in [0.2, 0.25) is 5.89 Å². The van der Waals surface area contributed by atoms with Crippen LogP contribution >= 0.6 is 11.8 Å². The van der Waals surface area contributed by atoms with Crippen LogP contribution in [0.15, 0.2) is 63.9 Å². The smallest absolute Gasteiger partial charge is 0.403 e. The monoisotopic (exact) mass is 365 g/mol. The molecule has 3 aromatic rings. The molecule has 0 aliphatic rings. The molecule has 0 saturated carbocycles. The molecule has 0 fully saturated rings. The number of carbonyl (C=O) groups is 1. The number of anilines is 1. The highest BCUT2D eigenvalue weighted by atomic mass is 32.2. The van der Waals surface area contributed by atoms with E-state index in [0.717, 1.165) is 0 Å². The lowest BCUT2D eigenvalue weighted by atomic mass is 10.2. The number of halogens is 3. The van der Waals surface area contributed by atoms with E-state index in [1.807, 2.05) is 6.07 Å². The summed E-state index contributed by atoms with van der Waals surface area (Å²) < 4.78 is 42.2. The van der Waals surface area contributed by atoms with Crippen LogP contribution in [0.4, 0.5) is 19.2 Å². The number of carbonyl (C=O) groups excluding carboxylic acids is 1. The van der Waals surface area contributed by atoms with Crippen molar-refractivity contribution in [2.75, 3.05) is 5.32 Å². The van der Waals surface area contributed by atoms with Gasteiger partial charge in [0.1, 0.15) is 0 Å². The van der Waals surface area contributed by atoms with Gasteiger partial charge in [-0.15, -0.1) is 5.10 Å². The van der Waals surface area contributed by atoms with Crippen molar-refractivity contribution in [1.82, 2.24) is 10.2 Å². The van der Waals surface area contributed by atoms with Crippen molar-refractivity contribution < 1.29 is 22.4 Å². The number of rotatable bonds is 4. The van der Waals surface area contributed by atoms with Gasteiger partial charge in [0, 0.05) is 16.0 Å². The SMILES string of the molecule is O=C(Nc1nnc(-c2ccccc2)o1)c1ccc(SC(F)(F)F)cc1. The molecule has 0 bridgehead atoms. The fourth-order valence-electron chi connectivity index (χ4n) is 1.95. The van der Waals surface area contributed by atoms with Crippen molar-refractivity contribution in [2.45, 2.75) is 10.4 Å². The van der Waals surface area contributed by atoms with Gasteiger partial charge in [-0.05, 0) is 48.2 Å². The number of nitrogens with zero attached hydrogens (tertiary/aromatic N) is 2. The normalized spacial score (nSPS) is 11.3. The van der Waals surface area contributed by atoms with Gasteiger partial charge in [-0.3, -0.25) is 10.1 Å².